The summed E-state index contributed by atoms with van der Waals surface area (Å²) in [6.07, 6.45) is 4.82. The van der Waals surface area contributed by atoms with E-state index in [1.807, 2.05) is 6.07 Å². The van der Waals surface area contributed by atoms with Gasteiger partial charge in [-0.25, -0.2) is 0 Å². The molecule has 0 saturated carbocycles. The summed E-state index contributed by atoms with van der Waals surface area (Å²) in [7, 11) is 2.19. The minimum absolute atomic E-state index is 0.399. The number of aryl methyl sites for hydroxylation is 1. The summed E-state index contributed by atoms with van der Waals surface area (Å²) in [6.45, 7) is 3.34. The minimum Gasteiger partial charge on any atom is -0.508 e. The first-order valence-corrected chi connectivity index (χ1v) is 6.24. The lowest BCUT2D eigenvalue weighted by atomic mass is 9.86. The molecule has 0 fully saturated rings. The minimum atomic E-state index is 0.399. The number of nitrogens with zero attached hydrogens (tertiary/aromatic N) is 1. The van der Waals surface area contributed by atoms with Crippen LogP contribution in [0.25, 0.3) is 0 Å². The predicted octanol–water partition coefficient (Wildman–Crippen LogP) is 3.11. The average molecular weight is 219 g/mol. The molecule has 0 spiro atoms. The standard InChI is InChI=1S/C14H21NO/c1-3-9-15(2)14-6-4-5-11-7-8-12(16)10-13(11)14/h7-8,10,14,16H,3-6,9H2,1-2H3. The lowest BCUT2D eigenvalue weighted by Gasteiger charge is -2.33. The Morgan fingerprint density at radius 1 is 1.44 bits per heavy atom. The van der Waals surface area contributed by atoms with Crippen LogP contribution in [-0.2, 0) is 6.42 Å². The SMILES string of the molecule is CCCN(C)C1CCCc2ccc(O)cc21. The van der Waals surface area contributed by atoms with Gasteiger partial charge in [0.05, 0.1) is 0 Å². The van der Waals surface area contributed by atoms with Crippen molar-refractivity contribution in [1.29, 1.82) is 0 Å². The smallest absolute Gasteiger partial charge is 0.115 e. The molecule has 0 aliphatic heterocycles. The molecule has 1 N–H and O–H groups in total. The fourth-order valence-electron chi connectivity index (χ4n) is 2.73. The van der Waals surface area contributed by atoms with Crippen LogP contribution in [0, 0.1) is 0 Å². The van der Waals surface area contributed by atoms with E-state index >= 15 is 0 Å². The first-order valence-electron chi connectivity index (χ1n) is 6.24. The van der Waals surface area contributed by atoms with Crippen molar-refractivity contribution in [1.82, 2.24) is 4.90 Å². The van der Waals surface area contributed by atoms with Gasteiger partial charge in [0.1, 0.15) is 5.75 Å². The third kappa shape index (κ3) is 2.22. The number of fused-ring (bicyclic) bond motifs is 1. The number of phenols is 1. The van der Waals surface area contributed by atoms with Crippen molar-refractivity contribution >= 4 is 0 Å². The van der Waals surface area contributed by atoms with Gasteiger partial charge in [0.2, 0.25) is 0 Å². The molecule has 1 unspecified atom stereocenters. The van der Waals surface area contributed by atoms with Crippen LogP contribution in [0.1, 0.15) is 43.4 Å². The quantitative estimate of drug-likeness (QED) is 0.844. The summed E-state index contributed by atoms with van der Waals surface area (Å²) in [5.74, 6) is 0.399. The Morgan fingerprint density at radius 3 is 3.00 bits per heavy atom. The number of phenolic OH excluding ortho intramolecular Hbond substituents is 1. The van der Waals surface area contributed by atoms with Gasteiger partial charge in [-0.1, -0.05) is 13.0 Å². The maximum absolute atomic E-state index is 9.60. The second-order valence-corrected chi connectivity index (χ2v) is 4.77. The third-order valence-electron chi connectivity index (χ3n) is 3.52. The van der Waals surface area contributed by atoms with E-state index in [2.05, 4.69) is 24.9 Å². The van der Waals surface area contributed by atoms with Gasteiger partial charge >= 0.3 is 0 Å². The summed E-state index contributed by atoms with van der Waals surface area (Å²) in [6, 6.07) is 6.33. The Bertz CT molecular complexity index is 362. The van der Waals surface area contributed by atoms with Crippen molar-refractivity contribution in [3.63, 3.8) is 0 Å². The van der Waals surface area contributed by atoms with Gasteiger partial charge in [-0.2, -0.15) is 0 Å². The van der Waals surface area contributed by atoms with E-state index < -0.39 is 0 Å². The van der Waals surface area contributed by atoms with Crippen LogP contribution >= 0.6 is 0 Å². The van der Waals surface area contributed by atoms with Crippen molar-refractivity contribution < 1.29 is 5.11 Å². The topological polar surface area (TPSA) is 23.5 Å². The van der Waals surface area contributed by atoms with Crippen LogP contribution in [0.4, 0.5) is 0 Å². The molecule has 1 aromatic carbocycles. The van der Waals surface area contributed by atoms with E-state index in [1.54, 1.807) is 6.07 Å². The predicted molar refractivity (Wildman–Crippen MR) is 66.7 cm³/mol. The highest BCUT2D eigenvalue weighted by atomic mass is 16.3. The van der Waals surface area contributed by atoms with Crippen molar-refractivity contribution in [3.8, 4) is 5.75 Å². The molecule has 1 aliphatic carbocycles. The van der Waals surface area contributed by atoms with E-state index in [9.17, 15) is 5.11 Å². The maximum Gasteiger partial charge on any atom is 0.115 e. The molecule has 0 saturated heterocycles. The van der Waals surface area contributed by atoms with E-state index in [1.165, 1.54) is 30.4 Å². The second-order valence-electron chi connectivity index (χ2n) is 4.77. The highest BCUT2D eigenvalue weighted by Gasteiger charge is 2.23. The Balaban J connectivity index is 2.27. The Morgan fingerprint density at radius 2 is 2.25 bits per heavy atom. The zero-order chi connectivity index (χ0) is 11.5. The van der Waals surface area contributed by atoms with Crippen LogP contribution < -0.4 is 0 Å². The molecule has 2 rings (SSSR count). The van der Waals surface area contributed by atoms with Crippen molar-refractivity contribution in [3.05, 3.63) is 29.3 Å². The van der Waals surface area contributed by atoms with Gasteiger partial charge in [-0.3, -0.25) is 4.90 Å². The summed E-state index contributed by atoms with van der Waals surface area (Å²) >= 11 is 0. The molecular weight excluding hydrogens is 198 g/mol. The van der Waals surface area contributed by atoms with Crippen LogP contribution in [0.15, 0.2) is 18.2 Å². The molecule has 16 heavy (non-hydrogen) atoms. The monoisotopic (exact) mass is 219 g/mol. The van der Waals surface area contributed by atoms with Gasteiger partial charge in [-0.05, 0) is 62.5 Å². The van der Waals surface area contributed by atoms with Gasteiger partial charge in [0.25, 0.3) is 0 Å². The third-order valence-corrected chi connectivity index (χ3v) is 3.52. The molecule has 1 aromatic rings. The van der Waals surface area contributed by atoms with E-state index in [-0.39, 0.29) is 0 Å². The van der Waals surface area contributed by atoms with Crippen LogP contribution in [0.2, 0.25) is 0 Å². The van der Waals surface area contributed by atoms with Crippen molar-refractivity contribution in [2.24, 2.45) is 0 Å². The second kappa shape index (κ2) is 4.88. The van der Waals surface area contributed by atoms with Gasteiger partial charge in [-0.15, -0.1) is 0 Å². The van der Waals surface area contributed by atoms with Crippen molar-refractivity contribution in [2.75, 3.05) is 13.6 Å². The van der Waals surface area contributed by atoms with E-state index in [0.717, 1.165) is 13.0 Å². The summed E-state index contributed by atoms with van der Waals surface area (Å²) in [5.41, 5.74) is 2.75. The normalized spacial score (nSPS) is 19.8. The fourth-order valence-corrected chi connectivity index (χ4v) is 2.73. The number of hydrogen-bond donors (Lipinski definition) is 1. The maximum atomic E-state index is 9.60. The zero-order valence-corrected chi connectivity index (χ0v) is 10.2. The molecule has 0 bridgehead atoms. The van der Waals surface area contributed by atoms with E-state index in [4.69, 9.17) is 0 Å². The van der Waals surface area contributed by atoms with E-state index in [0.29, 0.717) is 11.8 Å². The lowest BCUT2D eigenvalue weighted by molar-refractivity contribution is 0.221. The molecule has 0 radical (unpaired) electrons. The molecule has 0 heterocycles. The molecule has 0 aromatic heterocycles. The molecule has 1 aliphatic rings. The van der Waals surface area contributed by atoms with Gasteiger partial charge < -0.3 is 5.11 Å². The lowest BCUT2D eigenvalue weighted by Crippen LogP contribution is -2.28. The highest BCUT2D eigenvalue weighted by molar-refractivity contribution is 5.38. The van der Waals surface area contributed by atoms with Gasteiger partial charge in [0, 0.05) is 6.04 Å². The van der Waals surface area contributed by atoms with Crippen molar-refractivity contribution in [2.45, 2.75) is 38.6 Å². The largest absolute Gasteiger partial charge is 0.508 e. The molecule has 1 atom stereocenters. The zero-order valence-electron chi connectivity index (χ0n) is 10.2. The summed E-state index contributed by atoms with van der Waals surface area (Å²) < 4.78 is 0. The molecule has 2 nitrogen and oxygen atoms in total. The molecular formula is C14H21NO. The summed E-state index contributed by atoms with van der Waals surface area (Å²) in [4.78, 5) is 2.41. The van der Waals surface area contributed by atoms with Gasteiger partial charge in [0.15, 0.2) is 0 Å². The van der Waals surface area contributed by atoms with Crippen LogP contribution in [0.5, 0.6) is 5.75 Å². The number of aromatic hydroxyl groups is 1. The average Bonchev–Trinajstić information content (AvgIpc) is 2.28. The molecule has 0 amide bonds. The Hall–Kier alpha value is -1.02. The number of hydrogen-bond acceptors (Lipinski definition) is 2. The van der Waals surface area contributed by atoms with Crippen LogP contribution in [0.3, 0.4) is 0 Å². The summed E-state index contributed by atoms with van der Waals surface area (Å²) in [5, 5.41) is 9.60. The molecule has 88 valence electrons. The Labute approximate surface area is 97.9 Å². The highest BCUT2D eigenvalue weighted by Crippen LogP contribution is 2.35. The molecule has 2 heteroatoms. The number of rotatable bonds is 3. The fraction of sp³-hybridized carbons (Fsp3) is 0.571. The first-order chi connectivity index (χ1) is 7.72. The first kappa shape index (κ1) is 11.5. The Kier molecular flexibility index (Phi) is 3.49. The number of benzene rings is 1. The van der Waals surface area contributed by atoms with Crippen LogP contribution in [-0.4, -0.2) is 23.6 Å².